The minimum absolute atomic E-state index is 0.118. The first-order valence-electron chi connectivity index (χ1n) is 10.4. The van der Waals surface area contributed by atoms with Gasteiger partial charge in [0.05, 0.1) is 31.0 Å². The van der Waals surface area contributed by atoms with Crippen LogP contribution in [0.2, 0.25) is 0 Å². The van der Waals surface area contributed by atoms with Crippen molar-refractivity contribution in [1.82, 2.24) is 14.7 Å². The molecule has 0 radical (unpaired) electrons. The van der Waals surface area contributed by atoms with Gasteiger partial charge in [0.25, 0.3) is 5.91 Å². The van der Waals surface area contributed by atoms with Crippen LogP contribution in [0.5, 0.6) is 0 Å². The SMILES string of the molecule is Cc1nn(Cc2ccccc2)c(C)c1C(=O)Nc1cccc(CN2CCOCC2)c1. The number of morpholine rings is 1. The summed E-state index contributed by atoms with van der Waals surface area (Å²) in [5.41, 5.74) is 5.40. The topological polar surface area (TPSA) is 59.4 Å². The molecule has 0 aliphatic carbocycles. The van der Waals surface area contributed by atoms with Gasteiger partial charge in [-0.3, -0.25) is 14.4 Å². The van der Waals surface area contributed by atoms with Crippen LogP contribution in [0.4, 0.5) is 5.69 Å². The maximum Gasteiger partial charge on any atom is 0.259 e. The number of carbonyl (C=O) groups is 1. The Balaban J connectivity index is 1.47. The third kappa shape index (κ3) is 4.78. The van der Waals surface area contributed by atoms with E-state index in [0.29, 0.717) is 12.1 Å². The molecular weight excluding hydrogens is 376 g/mol. The Hall–Kier alpha value is -2.96. The van der Waals surface area contributed by atoms with E-state index in [1.54, 1.807) is 0 Å². The number of rotatable bonds is 6. The molecule has 6 heteroatoms. The normalized spacial score (nSPS) is 14.6. The van der Waals surface area contributed by atoms with Crippen LogP contribution in [-0.2, 0) is 17.8 Å². The number of anilines is 1. The Labute approximate surface area is 177 Å². The quantitative estimate of drug-likeness (QED) is 0.682. The van der Waals surface area contributed by atoms with Crippen molar-refractivity contribution in [3.8, 4) is 0 Å². The van der Waals surface area contributed by atoms with E-state index in [4.69, 9.17) is 4.74 Å². The standard InChI is InChI=1S/C24H28N4O2/c1-18-23(19(2)28(26-18)17-20-7-4-3-5-8-20)24(29)25-22-10-6-9-21(15-22)16-27-11-13-30-14-12-27/h3-10,15H,11-14,16-17H2,1-2H3,(H,25,29). The molecule has 0 unspecified atom stereocenters. The summed E-state index contributed by atoms with van der Waals surface area (Å²) in [6.45, 7) is 8.79. The highest BCUT2D eigenvalue weighted by Crippen LogP contribution is 2.19. The summed E-state index contributed by atoms with van der Waals surface area (Å²) in [5, 5.41) is 7.66. The Morgan fingerprint density at radius 1 is 1.00 bits per heavy atom. The predicted octanol–water partition coefficient (Wildman–Crippen LogP) is 3.63. The zero-order chi connectivity index (χ0) is 20.9. The molecule has 2 heterocycles. The van der Waals surface area contributed by atoms with Crippen molar-refractivity contribution in [2.24, 2.45) is 0 Å². The van der Waals surface area contributed by atoms with Gasteiger partial charge in [-0.05, 0) is 37.1 Å². The molecule has 0 saturated carbocycles. The van der Waals surface area contributed by atoms with Crippen molar-refractivity contribution in [3.63, 3.8) is 0 Å². The van der Waals surface area contributed by atoms with Crippen LogP contribution in [0, 0.1) is 13.8 Å². The monoisotopic (exact) mass is 404 g/mol. The van der Waals surface area contributed by atoms with Crippen molar-refractivity contribution in [2.45, 2.75) is 26.9 Å². The summed E-state index contributed by atoms with van der Waals surface area (Å²) < 4.78 is 7.32. The van der Waals surface area contributed by atoms with Gasteiger partial charge in [0.15, 0.2) is 0 Å². The average molecular weight is 405 g/mol. The molecule has 1 amide bonds. The number of hydrogen-bond acceptors (Lipinski definition) is 4. The number of aryl methyl sites for hydroxylation is 1. The summed E-state index contributed by atoms with van der Waals surface area (Å²) in [5.74, 6) is -0.118. The molecule has 30 heavy (non-hydrogen) atoms. The molecule has 3 aromatic rings. The smallest absolute Gasteiger partial charge is 0.259 e. The molecule has 1 aliphatic rings. The molecule has 6 nitrogen and oxygen atoms in total. The zero-order valence-corrected chi connectivity index (χ0v) is 17.6. The van der Waals surface area contributed by atoms with Crippen molar-refractivity contribution in [3.05, 3.63) is 82.7 Å². The fraction of sp³-hybridized carbons (Fsp3) is 0.333. The lowest BCUT2D eigenvalue weighted by molar-refractivity contribution is 0.0342. The third-order valence-electron chi connectivity index (χ3n) is 5.48. The summed E-state index contributed by atoms with van der Waals surface area (Å²) in [6, 6.07) is 18.2. The molecule has 1 N–H and O–H groups in total. The minimum atomic E-state index is -0.118. The molecule has 156 valence electrons. The largest absolute Gasteiger partial charge is 0.379 e. The number of benzene rings is 2. The van der Waals surface area contributed by atoms with E-state index >= 15 is 0 Å². The van der Waals surface area contributed by atoms with E-state index in [1.807, 2.05) is 54.9 Å². The lowest BCUT2D eigenvalue weighted by Gasteiger charge is -2.26. The summed E-state index contributed by atoms with van der Waals surface area (Å²) in [7, 11) is 0. The van der Waals surface area contributed by atoms with E-state index in [2.05, 4.69) is 33.5 Å². The van der Waals surface area contributed by atoms with Crippen LogP contribution in [0.1, 0.15) is 32.9 Å². The Bertz CT molecular complexity index is 1010. The van der Waals surface area contributed by atoms with Crippen LogP contribution < -0.4 is 5.32 Å². The van der Waals surface area contributed by atoms with Crippen LogP contribution >= 0.6 is 0 Å². The second-order valence-electron chi connectivity index (χ2n) is 7.73. The van der Waals surface area contributed by atoms with E-state index < -0.39 is 0 Å². The lowest BCUT2D eigenvalue weighted by atomic mass is 10.1. The highest BCUT2D eigenvalue weighted by atomic mass is 16.5. The first-order valence-corrected chi connectivity index (χ1v) is 10.4. The third-order valence-corrected chi connectivity index (χ3v) is 5.48. The second kappa shape index (κ2) is 9.24. The summed E-state index contributed by atoms with van der Waals surface area (Å²) in [4.78, 5) is 15.4. The van der Waals surface area contributed by atoms with E-state index in [0.717, 1.165) is 55.5 Å². The van der Waals surface area contributed by atoms with Gasteiger partial charge >= 0.3 is 0 Å². The molecule has 2 aromatic carbocycles. The van der Waals surface area contributed by atoms with Crippen LogP contribution in [-0.4, -0.2) is 46.9 Å². The van der Waals surface area contributed by atoms with Gasteiger partial charge in [0.1, 0.15) is 0 Å². The van der Waals surface area contributed by atoms with Crippen molar-refractivity contribution in [1.29, 1.82) is 0 Å². The van der Waals surface area contributed by atoms with Crippen molar-refractivity contribution < 1.29 is 9.53 Å². The van der Waals surface area contributed by atoms with Crippen LogP contribution in [0.25, 0.3) is 0 Å². The molecule has 0 atom stereocenters. The second-order valence-corrected chi connectivity index (χ2v) is 7.73. The number of aromatic nitrogens is 2. The first kappa shape index (κ1) is 20.3. The van der Waals surface area contributed by atoms with E-state index in [-0.39, 0.29) is 5.91 Å². The lowest BCUT2D eigenvalue weighted by Crippen LogP contribution is -2.35. The van der Waals surface area contributed by atoms with Crippen molar-refractivity contribution in [2.75, 3.05) is 31.6 Å². The van der Waals surface area contributed by atoms with Gasteiger partial charge in [-0.15, -0.1) is 0 Å². The fourth-order valence-electron chi connectivity index (χ4n) is 3.89. The zero-order valence-electron chi connectivity index (χ0n) is 17.6. The highest BCUT2D eigenvalue weighted by Gasteiger charge is 2.19. The number of hydrogen-bond donors (Lipinski definition) is 1. The van der Waals surface area contributed by atoms with Crippen LogP contribution in [0.3, 0.4) is 0 Å². The van der Waals surface area contributed by atoms with Gasteiger partial charge < -0.3 is 10.1 Å². The maximum absolute atomic E-state index is 13.0. The molecule has 0 bridgehead atoms. The van der Waals surface area contributed by atoms with Crippen molar-refractivity contribution >= 4 is 11.6 Å². The predicted molar refractivity (Wildman–Crippen MR) is 118 cm³/mol. The minimum Gasteiger partial charge on any atom is -0.379 e. The fourth-order valence-corrected chi connectivity index (χ4v) is 3.89. The van der Waals surface area contributed by atoms with Crippen LogP contribution in [0.15, 0.2) is 54.6 Å². The van der Waals surface area contributed by atoms with Gasteiger partial charge in [0, 0.05) is 31.0 Å². The molecular formula is C24H28N4O2. The number of nitrogens with one attached hydrogen (secondary N) is 1. The number of amides is 1. The highest BCUT2D eigenvalue weighted by molar-refractivity contribution is 6.05. The maximum atomic E-state index is 13.0. The van der Waals surface area contributed by atoms with E-state index in [9.17, 15) is 4.79 Å². The summed E-state index contributed by atoms with van der Waals surface area (Å²) in [6.07, 6.45) is 0. The molecule has 1 aliphatic heterocycles. The Morgan fingerprint density at radius 2 is 1.73 bits per heavy atom. The van der Waals surface area contributed by atoms with Gasteiger partial charge in [0.2, 0.25) is 0 Å². The molecule has 0 spiro atoms. The van der Waals surface area contributed by atoms with Gasteiger partial charge in [-0.2, -0.15) is 5.10 Å². The molecule has 4 rings (SSSR count). The van der Waals surface area contributed by atoms with Gasteiger partial charge in [-0.1, -0.05) is 42.5 Å². The first-order chi connectivity index (χ1) is 14.6. The Kier molecular flexibility index (Phi) is 6.26. The number of carbonyl (C=O) groups excluding carboxylic acids is 1. The summed E-state index contributed by atoms with van der Waals surface area (Å²) >= 11 is 0. The molecule has 1 fully saturated rings. The number of ether oxygens (including phenoxy) is 1. The Morgan fingerprint density at radius 3 is 2.50 bits per heavy atom. The number of nitrogens with zero attached hydrogens (tertiary/aromatic N) is 3. The average Bonchev–Trinajstić information content (AvgIpc) is 3.03. The van der Waals surface area contributed by atoms with E-state index in [1.165, 1.54) is 5.56 Å². The molecule has 1 saturated heterocycles. The molecule has 1 aromatic heterocycles. The van der Waals surface area contributed by atoms with Gasteiger partial charge in [-0.25, -0.2) is 0 Å².